The smallest absolute Gasteiger partial charge is 0.255 e. The summed E-state index contributed by atoms with van der Waals surface area (Å²) < 4.78 is 13.7. The number of halogens is 2. The number of benzene rings is 2. The zero-order chi connectivity index (χ0) is 15.9. The first-order valence-electron chi connectivity index (χ1n) is 6.97. The molecule has 0 bridgehead atoms. The SMILES string of the molecule is C=C(C)c1cc(F)cc2c1C(=O)N(Cc1ccc(Cl)cc1)C2. The average molecular weight is 316 g/mol. The van der Waals surface area contributed by atoms with Crippen LogP contribution in [-0.4, -0.2) is 10.8 Å². The maximum absolute atomic E-state index is 13.7. The van der Waals surface area contributed by atoms with E-state index in [9.17, 15) is 9.18 Å². The van der Waals surface area contributed by atoms with Crippen molar-refractivity contribution in [3.63, 3.8) is 0 Å². The van der Waals surface area contributed by atoms with E-state index in [1.54, 1.807) is 24.0 Å². The van der Waals surface area contributed by atoms with Gasteiger partial charge in [-0.05, 0) is 47.9 Å². The van der Waals surface area contributed by atoms with Gasteiger partial charge in [-0.1, -0.05) is 35.9 Å². The standard InChI is InChI=1S/C18H15ClFNO/c1-11(2)16-8-15(20)7-13-10-21(18(22)17(13)16)9-12-3-5-14(19)6-4-12/h3-8H,1,9-10H2,2H3. The van der Waals surface area contributed by atoms with E-state index in [0.29, 0.717) is 34.8 Å². The first-order valence-corrected chi connectivity index (χ1v) is 7.35. The number of hydrogen-bond donors (Lipinski definition) is 0. The Balaban J connectivity index is 1.92. The summed E-state index contributed by atoms with van der Waals surface area (Å²) in [4.78, 5) is 14.3. The predicted molar refractivity (Wildman–Crippen MR) is 86.1 cm³/mol. The summed E-state index contributed by atoms with van der Waals surface area (Å²) in [5, 5.41) is 0.659. The van der Waals surface area contributed by atoms with Crippen LogP contribution in [-0.2, 0) is 13.1 Å². The summed E-state index contributed by atoms with van der Waals surface area (Å²) in [5.74, 6) is -0.416. The van der Waals surface area contributed by atoms with Gasteiger partial charge in [-0.3, -0.25) is 4.79 Å². The molecule has 1 aliphatic heterocycles. The lowest BCUT2D eigenvalue weighted by Gasteiger charge is -2.16. The molecule has 112 valence electrons. The molecule has 4 heteroatoms. The molecule has 0 saturated carbocycles. The molecular weight excluding hydrogens is 301 g/mol. The van der Waals surface area contributed by atoms with Crippen molar-refractivity contribution in [3.05, 3.63) is 76.1 Å². The van der Waals surface area contributed by atoms with Gasteiger partial charge in [0, 0.05) is 18.1 Å². The molecule has 0 aliphatic carbocycles. The van der Waals surface area contributed by atoms with Crippen molar-refractivity contribution >= 4 is 23.1 Å². The lowest BCUT2D eigenvalue weighted by atomic mass is 9.98. The molecule has 2 nitrogen and oxygen atoms in total. The Kier molecular flexibility index (Phi) is 3.75. The van der Waals surface area contributed by atoms with Gasteiger partial charge in [-0.2, -0.15) is 0 Å². The quantitative estimate of drug-likeness (QED) is 0.806. The number of carbonyl (C=O) groups excluding carboxylic acids is 1. The molecule has 0 radical (unpaired) electrons. The lowest BCUT2D eigenvalue weighted by molar-refractivity contribution is 0.0766. The Morgan fingerprint density at radius 2 is 2.00 bits per heavy atom. The van der Waals surface area contributed by atoms with E-state index in [2.05, 4.69) is 6.58 Å². The Morgan fingerprint density at radius 3 is 2.64 bits per heavy atom. The van der Waals surface area contributed by atoms with Crippen LogP contribution in [0.1, 0.15) is 34.0 Å². The van der Waals surface area contributed by atoms with Crippen LogP contribution in [0.4, 0.5) is 4.39 Å². The largest absolute Gasteiger partial charge is 0.330 e. The van der Waals surface area contributed by atoms with Gasteiger partial charge >= 0.3 is 0 Å². The zero-order valence-corrected chi connectivity index (χ0v) is 13.0. The normalized spacial score (nSPS) is 13.4. The molecule has 1 aliphatic rings. The van der Waals surface area contributed by atoms with Crippen molar-refractivity contribution in [2.45, 2.75) is 20.0 Å². The van der Waals surface area contributed by atoms with Crippen molar-refractivity contribution in [2.24, 2.45) is 0 Å². The molecule has 3 rings (SSSR count). The summed E-state index contributed by atoms with van der Waals surface area (Å²) >= 11 is 5.87. The monoisotopic (exact) mass is 315 g/mol. The fourth-order valence-electron chi connectivity index (χ4n) is 2.75. The lowest BCUT2D eigenvalue weighted by Crippen LogP contribution is -2.23. The van der Waals surface area contributed by atoms with Gasteiger partial charge in [-0.25, -0.2) is 4.39 Å². The molecule has 2 aromatic carbocycles. The molecule has 0 N–H and O–H groups in total. The highest BCUT2D eigenvalue weighted by molar-refractivity contribution is 6.30. The minimum absolute atomic E-state index is 0.0806. The van der Waals surface area contributed by atoms with Crippen LogP contribution >= 0.6 is 11.6 Å². The van der Waals surface area contributed by atoms with Gasteiger partial charge in [0.2, 0.25) is 0 Å². The van der Waals surface area contributed by atoms with Gasteiger partial charge in [0.15, 0.2) is 0 Å². The van der Waals surface area contributed by atoms with Crippen LogP contribution in [0.25, 0.3) is 5.57 Å². The van der Waals surface area contributed by atoms with Crippen molar-refractivity contribution < 1.29 is 9.18 Å². The third-order valence-corrected chi connectivity index (χ3v) is 4.05. The molecule has 0 atom stereocenters. The molecule has 2 aromatic rings. The Labute approximate surface area is 133 Å². The first kappa shape index (κ1) is 14.8. The molecule has 1 amide bonds. The zero-order valence-electron chi connectivity index (χ0n) is 12.2. The first-order chi connectivity index (χ1) is 10.5. The Hall–Kier alpha value is -2.13. The van der Waals surface area contributed by atoms with E-state index < -0.39 is 0 Å². The second kappa shape index (κ2) is 5.58. The highest BCUT2D eigenvalue weighted by atomic mass is 35.5. The second-order valence-electron chi connectivity index (χ2n) is 5.56. The third-order valence-electron chi connectivity index (χ3n) is 3.79. The van der Waals surface area contributed by atoms with Crippen molar-refractivity contribution in [2.75, 3.05) is 0 Å². The fraction of sp³-hybridized carbons (Fsp3) is 0.167. The van der Waals surface area contributed by atoms with Gasteiger partial charge in [0.1, 0.15) is 5.82 Å². The molecule has 0 spiro atoms. The van der Waals surface area contributed by atoms with Gasteiger partial charge in [0.25, 0.3) is 5.91 Å². The third kappa shape index (κ3) is 2.64. The fourth-order valence-corrected chi connectivity index (χ4v) is 2.88. The molecule has 1 heterocycles. The number of hydrogen-bond acceptors (Lipinski definition) is 1. The molecule has 0 fully saturated rings. The number of amides is 1. The Bertz CT molecular complexity index is 767. The summed E-state index contributed by atoms with van der Waals surface area (Å²) in [6.45, 7) is 6.51. The highest BCUT2D eigenvalue weighted by Crippen LogP contribution is 2.31. The number of rotatable bonds is 3. The highest BCUT2D eigenvalue weighted by Gasteiger charge is 2.30. The summed E-state index contributed by atoms with van der Waals surface area (Å²) in [5.41, 5.74) is 3.57. The van der Waals surface area contributed by atoms with Crippen LogP contribution in [0, 0.1) is 5.82 Å². The van der Waals surface area contributed by atoms with Crippen molar-refractivity contribution in [1.82, 2.24) is 4.90 Å². The maximum Gasteiger partial charge on any atom is 0.255 e. The van der Waals surface area contributed by atoms with Crippen LogP contribution in [0.5, 0.6) is 0 Å². The molecular formula is C18H15ClFNO. The topological polar surface area (TPSA) is 20.3 Å². The molecule has 0 unspecified atom stereocenters. The summed E-state index contributed by atoms with van der Waals surface area (Å²) in [6.07, 6.45) is 0. The van der Waals surface area contributed by atoms with Crippen molar-refractivity contribution in [1.29, 1.82) is 0 Å². The van der Waals surface area contributed by atoms with Gasteiger partial charge in [-0.15, -0.1) is 0 Å². The number of carbonyl (C=O) groups is 1. The van der Waals surface area contributed by atoms with E-state index in [1.165, 1.54) is 12.1 Å². The molecule has 0 saturated heterocycles. The van der Waals surface area contributed by atoms with Crippen molar-refractivity contribution in [3.8, 4) is 0 Å². The van der Waals surface area contributed by atoms with Gasteiger partial charge < -0.3 is 4.90 Å². The molecule has 0 aromatic heterocycles. The second-order valence-corrected chi connectivity index (χ2v) is 5.99. The average Bonchev–Trinajstić information content (AvgIpc) is 2.76. The summed E-state index contributed by atoms with van der Waals surface area (Å²) in [7, 11) is 0. The van der Waals surface area contributed by atoms with E-state index in [-0.39, 0.29) is 11.7 Å². The Morgan fingerprint density at radius 1 is 1.32 bits per heavy atom. The van der Waals surface area contributed by atoms with Gasteiger partial charge in [0.05, 0.1) is 5.56 Å². The predicted octanol–water partition coefficient (Wildman–Crippen LogP) is 4.67. The van der Waals surface area contributed by atoms with E-state index >= 15 is 0 Å². The van der Waals surface area contributed by atoms with Crippen LogP contribution in [0.2, 0.25) is 5.02 Å². The van der Waals surface area contributed by atoms with Crippen LogP contribution in [0.15, 0.2) is 43.0 Å². The summed E-state index contributed by atoms with van der Waals surface area (Å²) in [6, 6.07) is 10.2. The number of fused-ring (bicyclic) bond motifs is 1. The van der Waals surface area contributed by atoms with E-state index in [1.807, 2.05) is 12.1 Å². The van der Waals surface area contributed by atoms with Crippen LogP contribution < -0.4 is 0 Å². The van der Waals surface area contributed by atoms with E-state index in [0.717, 1.165) is 11.1 Å². The number of nitrogens with zero attached hydrogens (tertiary/aromatic N) is 1. The number of allylic oxidation sites excluding steroid dienone is 1. The van der Waals surface area contributed by atoms with Crippen LogP contribution in [0.3, 0.4) is 0 Å². The molecule has 22 heavy (non-hydrogen) atoms. The van der Waals surface area contributed by atoms with E-state index in [4.69, 9.17) is 11.6 Å². The maximum atomic E-state index is 13.7. The minimum atomic E-state index is -0.335. The minimum Gasteiger partial charge on any atom is -0.330 e.